The zero-order valence-electron chi connectivity index (χ0n) is 15.0. The lowest BCUT2D eigenvalue weighted by Crippen LogP contribution is -2.50. The van der Waals surface area contributed by atoms with Crippen molar-refractivity contribution in [2.24, 2.45) is 5.92 Å². The summed E-state index contributed by atoms with van der Waals surface area (Å²) in [6.45, 7) is 1.06. The molecule has 0 aliphatic carbocycles. The SMILES string of the molecule is COc1ccc(C(=O)N2CC[C@H](N(C)C)[C@H](CCCO)C2)c(F)c1F. The highest BCUT2D eigenvalue weighted by molar-refractivity contribution is 5.94. The quantitative estimate of drug-likeness (QED) is 0.849. The Morgan fingerprint density at radius 2 is 2.08 bits per heavy atom. The average Bonchev–Trinajstić information content (AvgIpc) is 2.61. The first kappa shape index (κ1) is 19.6. The van der Waals surface area contributed by atoms with E-state index in [1.807, 2.05) is 14.1 Å². The molecule has 7 heteroatoms. The van der Waals surface area contributed by atoms with Gasteiger partial charge in [-0.3, -0.25) is 4.79 Å². The van der Waals surface area contributed by atoms with Crippen molar-refractivity contribution in [1.82, 2.24) is 9.80 Å². The predicted octanol–water partition coefficient (Wildman–Crippen LogP) is 2.14. The van der Waals surface area contributed by atoms with Crippen LogP contribution in [0, 0.1) is 17.6 Å². The molecule has 0 aromatic heterocycles. The fourth-order valence-electron chi connectivity index (χ4n) is 3.55. The minimum atomic E-state index is -1.18. The van der Waals surface area contributed by atoms with Crippen LogP contribution in [0.5, 0.6) is 5.75 Å². The molecule has 1 aliphatic rings. The van der Waals surface area contributed by atoms with E-state index in [2.05, 4.69) is 4.90 Å². The fraction of sp³-hybridized carbons (Fsp3) is 0.611. The Labute approximate surface area is 147 Å². The molecule has 0 saturated carbocycles. The monoisotopic (exact) mass is 356 g/mol. The van der Waals surface area contributed by atoms with Gasteiger partial charge in [-0.1, -0.05) is 0 Å². The summed E-state index contributed by atoms with van der Waals surface area (Å²) in [6.07, 6.45) is 2.19. The summed E-state index contributed by atoms with van der Waals surface area (Å²) >= 11 is 0. The number of hydrogen-bond acceptors (Lipinski definition) is 4. The Kier molecular flexibility index (Phi) is 6.72. The molecule has 1 aliphatic heterocycles. The third-order valence-corrected chi connectivity index (χ3v) is 4.87. The number of halogens is 2. The maximum atomic E-state index is 14.2. The summed E-state index contributed by atoms with van der Waals surface area (Å²) in [5.41, 5.74) is -0.275. The Morgan fingerprint density at radius 3 is 2.68 bits per heavy atom. The molecule has 140 valence electrons. The van der Waals surface area contributed by atoms with Crippen molar-refractivity contribution in [2.45, 2.75) is 25.3 Å². The number of piperidine rings is 1. The smallest absolute Gasteiger partial charge is 0.256 e. The number of ether oxygens (including phenoxy) is 1. The fourth-order valence-corrected chi connectivity index (χ4v) is 3.55. The molecule has 25 heavy (non-hydrogen) atoms. The molecule has 0 radical (unpaired) electrons. The molecular weight excluding hydrogens is 330 g/mol. The van der Waals surface area contributed by atoms with Crippen LogP contribution >= 0.6 is 0 Å². The van der Waals surface area contributed by atoms with Crippen LogP contribution in [0.25, 0.3) is 0 Å². The number of likely N-dealkylation sites (tertiary alicyclic amines) is 1. The highest BCUT2D eigenvalue weighted by atomic mass is 19.2. The molecule has 1 aromatic rings. The van der Waals surface area contributed by atoms with E-state index in [1.165, 1.54) is 19.2 Å². The van der Waals surface area contributed by atoms with Crippen molar-refractivity contribution < 1.29 is 23.4 Å². The average molecular weight is 356 g/mol. The molecule has 0 unspecified atom stereocenters. The van der Waals surface area contributed by atoms with Crippen molar-refractivity contribution in [3.8, 4) is 5.75 Å². The summed E-state index contributed by atoms with van der Waals surface area (Å²) in [6, 6.07) is 2.83. The molecule has 0 spiro atoms. The maximum Gasteiger partial charge on any atom is 0.256 e. The molecule has 0 bridgehead atoms. The van der Waals surface area contributed by atoms with Gasteiger partial charge in [0.2, 0.25) is 5.82 Å². The summed E-state index contributed by atoms with van der Waals surface area (Å²) in [5.74, 6) is -2.86. The van der Waals surface area contributed by atoms with Gasteiger partial charge in [0.1, 0.15) is 0 Å². The summed E-state index contributed by atoms with van der Waals surface area (Å²) < 4.78 is 32.9. The molecule has 2 atom stereocenters. The first-order chi connectivity index (χ1) is 11.9. The van der Waals surface area contributed by atoms with Crippen LogP contribution in [0.1, 0.15) is 29.6 Å². The summed E-state index contributed by atoms with van der Waals surface area (Å²) in [7, 11) is 5.23. The summed E-state index contributed by atoms with van der Waals surface area (Å²) in [5, 5.41) is 9.09. The Morgan fingerprint density at radius 1 is 1.36 bits per heavy atom. The van der Waals surface area contributed by atoms with Crippen LogP contribution in [0.2, 0.25) is 0 Å². The Balaban J connectivity index is 2.18. The van der Waals surface area contributed by atoms with Crippen molar-refractivity contribution >= 4 is 5.91 Å². The molecule has 1 aromatic carbocycles. The zero-order chi connectivity index (χ0) is 18.6. The minimum Gasteiger partial charge on any atom is -0.494 e. The summed E-state index contributed by atoms with van der Waals surface area (Å²) in [4.78, 5) is 16.4. The van der Waals surface area contributed by atoms with Gasteiger partial charge in [0.05, 0.1) is 12.7 Å². The predicted molar refractivity (Wildman–Crippen MR) is 90.7 cm³/mol. The van der Waals surface area contributed by atoms with Crippen molar-refractivity contribution in [3.05, 3.63) is 29.3 Å². The number of amides is 1. The highest BCUT2D eigenvalue weighted by Gasteiger charge is 2.33. The number of nitrogens with zero attached hydrogens (tertiary/aromatic N) is 2. The second kappa shape index (κ2) is 8.58. The molecule has 2 rings (SSSR count). The van der Waals surface area contributed by atoms with Crippen molar-refractivity contribution in [2.75, 3.05) is 40.9 Å². The molecule has 1 saturated heterocycles. The van der Waals surface area contributed by atoms with E-state index in [-0.39, 0.29) is 23.8 Å². The van der Waals surface area contributed by atoms with Crippen molar-refractivity contribution in [3.63, 3.8) is 0 Å². The first-order valence-corrected chi connectivity index (χ1v) is 8.49. The van der Waals surface area contributed by atoms with Gasteiger partial charge < -0.3 is 19.6 Å². The number of rotatable bonds is 6. The molecular formula is C18H26F2N2O3. The van der Waals surface area contributed by atoms with Crippen LogP contribution in [-0.4, -0.2) is 67.8 Å². The molecule has 1 N–H and O–H groups in total. The van der Waals surface area contributed by atoms with Crippen LogP contribution in [0.15, 0.2) is 12.1 Å². The number of carbonyl (C=O) groups is 1. The molecule has 1 amide bonds. The lowest BCUT2D eigenvalue weighted by Gasteiger charge is -2.41. The van der Waals surface area contributed by atoms with Crippen LogP contribution in [0.4, 0.5) is 8.78 Å². The molecule has 1 fully saturated rings. The Bertz CT molecular complexity index is 610. The highest BCUT2D eigenvalue weighted by Crippen LogP contribution is 2.28. The van der Waals surface area contributed by atoms with Gasteiger partial charge in [-0.2, -0.15) is 4.39 Å². The Hall–Kier alpha value is -1.73. The van der Waals surface area contributed by atoms with E-state index in [9.17, 15) is 13.6 Å². The van der Waals surface area contributed by atoms with E-state index >= 15 is 0 Å². The second-order valence-electron chi connectivity index (χ2n) is 6.64. The van der Waals surface area contributed by atoms with E-state index < -0.39 is 17.5 Å². The van der Waals surface area contributed by atoms with Gasteiger partial charge in [0, 0.05) is 25.7 Å². The topological polar surface area (TPSA) is 53.0 Å². The number of hydrogen-bond donors (Lipinski definition) is 1. The van der Waals surface area contributed by atoms with Crippen LogP contribution in [-0.2, 0) is 0 Å². The van der Waals surface area contributed by atoms with Gasteiger partial charge in [-0.25, -0.2) is 4.39 Å². The van der Waals surface area contributed by atoms with Gasteiger partial charge in [0.15, 0.2) is 11.6 Å². The van der Waals surface area contributed by atoms with Gasteiger partial charge >= 0.3 is 0 Å². The number of carbonyl (C=O) groups excluding carboxylic acids is 1. The van der Waals surface area contributed by atoms with E-state index in [1.54, 1.807) is 4.90 Å². The minimum absolute atomic E-state index is 0.100. The number of benzene rings is 1. The standard InChI is InChI=1S/C18H26F2N2O3/c1-21(2)14-8-9-22(11-12(14)5-4-10-23)18(24)13-6-7-15(25-3)17(20)16(13)19/h6-7,12,14,23H,4-5,8-11H2,1-3H3/t12-,14+/m1/s1. The van der Waals surface area contributed by atoms with Crippen molar-refractivity contribution in [1.29, 1.82) is 0 Å². The lowest BCUT2D eigenvalue weighted by atomic mass is 9.87. The van der Waals surface area contributed by atoms with Crippen LogP contribution in [0.3, 0.4) is 0 Å². The van der Waals surface area contributed by atoms with Gasteiger partial charge in [-0.05, 0) is 51.4 Å². The normalized spacial score (nSPS) is 20.8. The number of methoxy groups -OCH3 is 1. The second-order valence-corrected chi connectivity index (χ2v) is 6.64. The number of aliphatic hydroxyl groups excluding tert-OH is 1. The molecule has 5 nitrogen and oxygen atoms in total. The third kappa shape index (κ3) is 4.27. The first-order valence-electron chi connectivity index (χ1n) is 8.49. The van der Waals surface area contributed by atoms with E-state index in [0.717, 1.165) is 12.8 Å². The number of aliphatic hydroxyl groups is 1. The van der Waals surface area contributed by atoms with E-state index in [0.29, 0.717) is 25.6 Å². The lowest BCUT2D eigenvalue weighted by molar-refractivity contribution is 0.0491. The van der Waals surface area contributed by atoms with Gasteiger partial charge in [-0.15, -0.1) is 0 Å². The maximum absolute atomic E-state index is 14.2. The third-order valence-electron chi connectivity index (χ3n) is 4.87. The largest absolute Gasteiger partial charge is 0.494 e. The zero-order valence-corrected chi connectivity index (χ0v) is 15.0. The van der Waals surface area contributed by atoms with E-state index in [4.69, 9.17) is 9.84 Å². The molecule has 1 heterocycles. The van der Waals surface area contributed by atoms with Gasteiger partial charge in [0.25, 0.3) is 5.91 Å². The van der Waals surface area contributed by atoms with Crippen LogP contribution < -0.4 is 4.74 Å².